The first-order valence-corrected chi connectivity index (χ1v) is 9.58. The molecule has 4 nitrogen and oxygen atoms in total. The van der Waals surface area contributed by atoms with E-state index in [4.69, 9.17) is 11.6 Å². The summed E-state index contributed by atoms with van der Waals surface area (Å²) >= 11 is 9.59. The Kier molecular flexibility index (Phi) is 5.39. The number of anilines is 2. The van der Waals surface area contributed by atoms with E-state index < -0.39 is 0 Å². The van der Waals surface area contributed by atoms with Gasteiger partial charge in [-0.25, -0.2) is 0 Å². The molecule has 0 aliphatic carbocycles. The maximum Gasteiger partial charge on any atom is 0.229 e. The van der Waals surface area contributed by atoms with Crippen LogP contribution in [-0.4, -0.2) is 18.4 Å². The van der Waals surface area contributed by atoms with Crippen LogP contribution in [-0.2, 0) is 9.59 Å². The van der Waals surface area contributed by atoms with Gasteiger partial charge in [0.05, 0.1) is 10.9 Å². The summed E-state index contributed by atoms with van der Waals surface area (Å²) in [5.74, 6) is -0.568. The van der Waals surface area contributed by atoms with Crippen molar-refractivity contribution in [1.82, 2.24) is 0 Å². The summed E-state index contributed by atoms with van der Waals surface area (Å²) in [4.78, 5) is 26.9. The van der Waals surface area contributed by atoms with Crippen LogP contribution in [0.1, 0.15) is 23.1 Å². The number of aryl methyl sites for hydroxylation is 2. The van der Waals surface area contributed by atoms with Gasteiger partial charge in [0.1, 0.15) is 0 Å². The fourth-order valence-electron chi connectivity index (χ4n) is 3.15. The molecule has 0 spiro atoms. The number of halogens is 2. The molecule has 2 aromatic rings. The zero-order chi connectivity index (χ0) is 19.0. The van der Waals surface area contributed by atoms with E-state index >= 15 is 0 Å². The summed E-state index contributed by atoms with van der Waals surface area (Å²) in [6.45, 7) is 6.21. The highest BCUT2D eigenvalue weighted by molar-refractivity contribution is 9.10. The van der Waals surface area contributed by atoms with Crippen LogP contribution in [0.15, 0.2) is 34.8 Å². The monoisotopic (exact) mass is 434 g/mol. The number of nitrogens with one attached hydrogen (secondary N) is 1. The first kappa shape index (κ1) is 18.9. The molecule has 3 rings (SSSR count). The predicted molar refractivity (Wildman–Crippen MR) is 109 cm³/mol. The van der Waals surface area contributed by atoms with Gasteiger partial charge in [0.25, 0.3) is 0 Å². The standard InChI is InChI=1S/C20H20BrClN2O2/c1-11-4-5-12(2)17(8-11)24-10-14(9-18(24)25)20(26)23-16-7-6-15(21)19(22)13(16)3/h4-8,14H,9-10H2,1-3H3,(H,23,26)/t14-/m1/s1. The summed E-state index contributed by atoms with van der Waals surface area (Å²) in [6, 6.07) is 9.61. The third-order valence-corrected chi connectivity index (χ3v) is 6.12. The van der Waals surface area contributed by atoms with Gasteiger partial charge in [-0.05, 0) is 71.6 Å². The molecule has 26 heavy (non-hydrogen) atoms. The SMILES string of the molecule is Cc1ccc(C)c(N2C[C@H](C(=O)Nc3ccc(Br)c(Cl)c3C)CC2=O)c1. The predicted octanol–water partition coefficient (Wildman–Crippen LogP) is 5.02. The van der Waals surface area contributed by atoms with E-state index in [0.29, 0.717) is 17.3 Å². The Labute approximate surface area is 166 Å². The van der Waals surface area contributed by atoms with Gasteiger partial charge in [-0.2, -0.15) is 0 Å². The topological polar surface area (TPSA) is 49.4 Å². The molecule has 1 aliphatic rings. The number of nitrogens with zero attached hydrogens (tertiary/aromatic N) is 1. The highest BCUT2D eigenvalue weighted by atomic mass is 79.9. The number of carbonyl (C=O) groups is 2. The lowest BCUT2D eigenvalue weighted by molar-refractivity contribution is -0.122. The number of rotatable bonds is 3. The van der Waals surface area contributed by atoms with E-state index in [-0.39, 0.29) is 24.2 Å². The Bertz CT molecular complexity index is 898. The zero-order valence-corrected chi connectivity index (χ0v) is 17.2. The van der Waals surface area contributed by atoms with E-state index in [1.165, 1.54) is 0 Å². The highest BCUT2D eigenvalue weighted by Crippen LogP contribution is 2.33. The van der Waals surface area contributed by atoms with Crippen molar-refractivity contribution in [3.05, 3.63) is 56.5 Å². The molecule has 1 saturated heterocycles. The van der Waals surface area contributed by atoms with Gasteiger partial charge >= 0.3 is 0 Å². The lowest BCUT2D eigenvalue weighted by Crippen LogP contribution is -2.28. The van der Waals surface area contributed by atoms with Crippen molar-refractivity contribution >= 4 is 50.7 Å². The largest absolute Gasteiger partial charge is 0.325 e. The molecular formula is C20H20BrClN2O2. The molecule has 136 valence electrons. The van der Waals surface area contributed by atoms with Crippen LogP contribution in [0.4, 0.5) is 11.4 Å². The number of carbonyl (C=O) groups excluding carboxylic acids is 2. The van der Waals surface area contributed by atoms with Gasteiger partial charge in [-0.15, -0.1) is 0 Å². The minimum absolute atomic E-state index is 0.0237. The molecule has 0 bridgehead atoms. The van der Waals surface area contributed by atoms with Gasteiger partial charge in [0.2, 0.25) is 11.8 Å². The van der Waals surface area contributed by atoms with Gasteiger partial charge in [-0.3, -0.25) is 9.59 Å². The summed E-state index contributed by atoms with van der Waals surface area (Å²) in [5.41, 5.74) is 4.46. The maximum absolute atomic E-state index is 12.7. The van der Waals surface area contributed by atoms with E-state index in [1.54, 1.807) is 11.0 Å². The van der Waals surface area contributed by atoms with Crippen molar-refractivity contribution in [2.45, 2.75) is 27.2 Å². The second-order valence-electron chi connectivity index (χ2n) is 6.72. The molecule has 0 radical (unpaired) electrons. The first-order valence-electron chi connectivity index (χ1n) is 8.41. The van der Waals surface area contributed by atoms with E-state index in [0.717, 1.165) is 26.9 Å². The summed E-state index contributed by atoms with van der Waals surface area (Å²) < 4.78 is 0.784. The van der Waals surface area contributed by atoms with Gasteiger partial charge in [0, 0.05) is 28.8 Å². The van der Waals surface area contributed by atoms with E-state index in [9.17, 15) is 9.59 Å². The van der Waals surface area contributed by atoms with Gasteiger partial charge in [-0.1, -0.05) is 23.7 Å². The van der Waals surface area contributed by atoms with Crippen LogP contribution in [0.3, 0.4) is 0 Å². The quantitative estimate of drug-likeness (QED) is 0.736. The molecule has 0 aromatic heterocycles. The third kappa shape index (κ3) is 3.64. The minimum Gasteiger partial charge on any atom is -0.325 e. The molecule has 1 N–H and O–H groups in total. The zero-order valence-electron chi connectivity index (χ0n) is 14.9. The van der Waals surface area contributed by atoms with E-state index in [2.05, 4.69) is 21.2 Å². The van der Waals surface area contributed by atoms with Crippen LogP contribution in [0.2, 0.25) is 5.02 Å². The average Bonchev–Trinajstić information content (AvgIpc) is 2.99. The second-order valence-corrected chi connectivity index (χ2v) is 7.95. The second kappa shape index (κ2) is 7.41. The molecule has 1 atom stereocenters. The lowest BCUT2D eigenvalue weighted by Gasteiger charge is -2.20. The van der Waals surface area contributed by atoms with Crippen molar-refractivity contribution in [3.63, 3.8) is 0 Å². The number of amides is 2. The Balaban J connectivity index is 1.77. The average molecular weight is 436 g/mol. The summed E-state index contributed by atoms with van der Waals surface area (Å²) in [5, 5.41) is 3.49. The Morgan fingerprint density at radius 2 is 1.96 bits per heavy atom. The van der Waals surface area contributed by atoms with Crippen LogP contribution in [0.25, 0.3) is 0 Å². The number of benzene rings is 2. The molecule has 6 heteroatoms. The molecule has 0 unspecified atom stereocenters. The molecule has 0 saturated carbocycles. The van der Waals surface area contributed by atoms with Crippen molar-refractivity contribution in [2.75, 3.05) is 16.8 Å². The van der Waals surface area contributed by atoms with Crippen LogP contribution in [0.5, 0.6) is 0 Å². The fourth-order valence-corrected chi connectivity index (χ4v) is 3.74. The van der Waals surface area contributed by atoms with Crippen LogP contribution < -0.4 is 10.2 Å². The van der Waals surface area contributed by atoms with Crippen molar-refractivity contribution in [3.8, 4) is 0 Å². The normalized spacial score (nSPS) is 16.9. The van der Waals surface area contributed by atoms with Crippen molar-refractivity contribution in [1.29, 1.82) is 0 Å². The first-order chi connectivity index (χ1) is 12.3. The third-order valence-electron chi connectivity index (χ3n) is 4.75. The molecule has 2 aromatic carbocycles. The molecule has 1 aliphatic heterocycles. The molecule has 1 heterocycles. The molecular weight excluding hydrogens is 416 g/mol. The Morgan fingerprint density at radius 3 is 2.69 bits per heavy atom. The van der Waals surface area contributed by atoms with Crippen molar-refractivity contribution < 1.29 is 9.59 Å². The van der Waals surface area contributed by atoms with Crippen LogP contribution >= 0.6 is 27.5 Å². The number of hydrogen-bond donors (Lipinski definition) is 1. The lowest BCUT2D eigenvalue weighted by atomic mass is 10.1. The van der Waals surface area contributed by atoms with Gasteiger partial charge in [0.15, 0.2) is 0 Å². The summed E-state index contributed by atoms with van der Waals surface area (Å²) in [7, 11) is 0. The summed E-state index contributed by atoms with van der Waals surface area (Å²) in [6.07, 6.45) is 0.211. The Morgan fingerprint density at radius 1 is 1.23 bits per heavy atom. The number of hydrogen-bond acceptors (Lipinski definition) is 2. The fraction of sp³-hybridized carbons (Fsp3) is 0.300. The maximum atomic E-state index is 12.7. The van der Waals surface area contributed by atoms with Crippen LogP contribution in [0, 0.1) is 26.7 Å². The smallest absolute Gasteiger partial charge is 0.229 e. The molecule has 2 amide bonds. The Hall–Kier alpha value is -1.85. The highest BCUT2D eigenvalue weighted by Gasteiger charge is 2.35. The molecule has 1 fully saturated rings. The van der Waals surface area contributed by atoms with E-state index in [1.807, 2.05) is 45.0 Å². The van der Waals surface area contributed by atoms with Gasteiger partial charge < -0.3 is 10.2 Å². The minimum atomic E-state index is -0.385. The van der Waals surface area contributed by atoms with Crippen molar-refractivity contribution in [2.24, 2.45) is 5.92 Å².